The molecule has 0 unspecified atom stereocenters. The largest absolute Gasteiger partial charge is 0.462 e. The van der Waals surface area contributed by atoms with Gasteiger partial charge in [0, 0.05) is 12.0 Å². The number of ether oxygens (including phenoxy) is 2. The van der Waals surface area contributed by atoms with Crippen LogP contribution in [0, 0.1) is 22.0 Å². The molecule has 0 atom stereocenters. The first kappa shape index (κ1) is 15.2. The first-order valence-electron chi connectivity index (χ1n) is 5.55. The van der Waals surface area contributed by atoms with E-state index >= 15 is 0 Å². The summed E-state index contributed by atoms with van der Waals surface area (Å²) in [5.74, 6) is 2.94. The zero-order valence-electron chi connectivity index (χ0n) is 10.8. The number of esters is 2. The molecular formula is C13H11NO6. The van der Waals surface area contributed by atoms with Gasteiger partial charge in [-0.2, -0.15) is 0 Å². The topological polar surface area (TPSA) is 95.7 Å². The number of nitro benzene ring substituents is 1. The third-order valence-corrected chi connectivity index (χ3v) is 2.19. The average Bonchev–Trinajstić information content (AvgIpc) is 2.44. The second kappa shape index (κ2) is 6.89. The molecule has 1 aromatic carbocycles. The highest BCUT2D eigenvalue weighted by molar-refractivity contribution is 5.91. The van der Waals surface area contributed by atoms with Crippen LogP contribution in [0.5, 0.6) is 0 Å². The normalized spacial score (nSPS) is 9.10. The van der Waals surface area contributed by atoms with Crippen molar-refractivity contribution in [3.8, 4) is 11.8 Å². The van der Waals surface area contributed by atoms with Gasteiger partial charge < -0.3 is 9.47 Å². The van der Waals surface area contributed by atoms with E-state index in [0.29, 0.717) is 0 Å². The number of carbonyl (C=O) groups excluding carboxylic acids is 2. The summed E-state index contributed by atoms with van der Waals surface area (Å²) in [5, 5.41) is 10.9. The zero-order valence-corrected chi connectivity index (χ0v) is 10.8. The van der Waals surface area contributed by atoms with Crippen molar-refractivity contribution in [2.24, 2.45) is 0 Å². The molecule has 0 aliphatic carbocycles. The Labute approximate surface area is 114 Å². The molecule has 0 aromatic heterocycles. The number of nitrogens with zero attached hydrogens (tertiary/aromatic N) is 1. The van der Waals surface area contributed by atoms with E-state index in [1.165, 1.54) is 12.1 Å². The van der Waals surface area contributed by atoms with E-state index in [0.717, 1.165) is 13.2 Å². The number of nitro groups is 1. The summed E-state index contributed by atoms with van der Waals surface area (Å²) >= 11 is 0. The summed E-state index contributed by atoms with van der Waals surface area (Å²) in [6, 6.07) is 3.67. The minimum absolute atomic E-state index is 0.00782. The second-order valence-corrected chi connectivity index (χ2v) is 3.45. The molecular weight excluding hydrogens is 266 g/mol. The molecule has 0 radical (unpaired) electrons. The Hall–Kier alpha value is -2.88. The SMILES string of the molecule is CCOC(=O)c1ccc(C#CC(=O)OC)c([N+](=O)[O-])c1. The summed E-state index contributed by atoms with van der Waals surface area (Å²) < 4.78 is 9.06. The summed E-state index contributed by atoms with van der Waals surface area (Å²) in [6.07, 6.45) is 0. The Morgan fingerprint density at radius 1 is 1.40 bits per heavy atom. The van der Waals surface area contributed by atoms with Crippen molar-refractivity contribution in [2.45, 2.75) is 6.92 Å². The Morgan fingerprint density at radius 2 is 2.10 bits per heavy atom. The molecule has 7 nitrogen and oxygen atoms in total. The van der Waals surface area contributed by atoms with Crippen LogP contribution >= 0.6 is 0 Å². The third kappa shape index (κ3) is 3.81. The van der Waals surface area contributed by atoms with E-state index in [1.54, 1.807) is 6.92 Å². The molecule has 1 rings (SSSR count). The number of hydrogen-bond acceptors (Lipinski definition) is 6. The second-order valence-electron chi connectivity index (χ2n) is 3.45. The van der Waals surface area contributed by atoms with Crippen LogP contribution in [-0.4, -0.2) is 30.6 Å². The highest BCUT2D eigenvalue weighted by Gasteiger charge is 2.17. The lowest BCUT2D eigenvalue weighted by molar-refractivity contribution is -0.385. The molecule has 0 aliphatic rings. The first-order valence-corrected chi connectivity index (χ1v) is 5.55. The molecule has 0 aliphatic heterocycles. The number of rotatable bonds is 3. The average molecular weight is 277 g/mol. The fraction of sp³-hybridized carbons (Fsp3) is 0.231. The minimum Gasteiger partial charge on any atom is -0.462 e. The van der Waals surface area contributed by atoms with Crippen LogP contribution in [-0.2, 0) is 14.3 Å². The first-order chi connectivity index (χ1) is 9.49. The maximum absolute atomic E-state index is 11.5. The molecule has 0 fully saturated rings. The number of benzene rings is 1. The van der Waals surface area contributed by atoms with Gasteiger partial charge in [0.2, 0.25) is 0 Å². The number of carbonyl (C=O) groups is 2. The predicted octanol–water partition coefficient (Wildman–Crippen LogP) is 1.30. The van der Waals surface area contributed by atoms with Crippen LogP contribution in [0.15, 0.2) is 18.2 Å². The molecule has 0 N–H and O–H groups in total. The van der Waals surface area contributed by atoms with E-state index < -0.39 is 16.9 Å². The van der Waals surface area contributed by atoms with Crippen LogP contribution < -0.4 is 0 Å². The van der Waals surface area contributed by atoms with Crippen molar-refractivity contribution in [2.75, 3.05) is 13.7 Å². The standard InChI is InChI=1S/C13H11NO6/c1-3-20-13(16)10-5-4-9(6-7-12(15)19-2)11(8-10)14(17)18/h4-5,8H,3H2,1-2H3. The van der Waals surface area contributed by atoms with Crippen LogP contribution in [0.4, 0.5) is 5.69 Å². The highest BCUT2D eigenvalue weighted by Crippen LogP contribution is 2.20. The van der Waals surface area contributed by atoms with Gasteiger partial charge in [-0.15, -0.1) is 0 Å². The van der Waals surface area contributed by atoms with Gasteiger partial charge in [0.15, 0.2) is 0 Å². The van der Waals surface area contributed by atoms with E-state index in [4.69, 9.17) is 4.74 Å². The molecule has 0 saturated heterocycles. The molecule has 104 valence electrons. The number of hydrogen-bond donors (Lipinski definition) is 0. The molecule has 0 heterocycles. The van der Waals surface area contributed by atoms with Crippen LogP contribution in [0.25, 0.3) is 0 Å². The third-order valence-electron chi connectivity index (χ3n) is 2.19. The summed E-state index contributed by atoms with van der Waals surface area (Å²) in [5.41, 5.74) is -0.331. The Kier molecular flexibility index (Phi) is 5.23. The van der Waals surface area contributed by atoms with Gasteiger partial charge in [0.1, 0.15) is 5.56 Å². The highest BCUT2D eigenvalue weighted by atomic mass is 16.6. The maximum Gasteiger partial charge on any atom is 0.384 e. The Bertz CT molecular complexity index is 611. The summed E-state index contributed by atoms with van der Waals surface area (Å²) in [4.78, 5) is 32.6. The molecule has 0 bridgehead atoms. The lowest BCUT2D eigenvalue weighted by atomic mass is 10.1. The molecule has 0 saturated carbocycles. The van der Waals surface area contributed by atoms with Gasteiger partial charge in [-0.25, -0.2) is 9.59 Å². The quantitative estimate of drug-likeness (QED) is 0.357. The van der Waals surface area contributed by atoms with E-state index in [1.807, 2.05) is 0 Å². The van der Waals surface area contributed by atoms with Gasteiger partial charge in [-0.1, -0.05) is 0 Å². The minimum atomic E-state index is -0.811. The van der Waals surface area contributed by atoms with Gasteiger partial charge in [0.25, 0.3) is 5.69 Å². The zero-order chi connectivity index (χ0) is 15.1. The van der Waals surface area contributed by atoms with Crippen LogP contribution in [0.2, 0.25) is 0 Å². The fourth-order valence-electron chi connectivity index (χ4n) is 1.30. The van der Waals surface area contributed by atoms with Crippen molar-refractivity contribution in [1.82, 2.24) is 0 Å². The van der Waals surface area contributed by atoms with Crippen molar-refractivity contribution < 1.29 is 24.0 Å². The van der Waals surface area contributed by atoms with Crippen molar-refractivity contribution in [3.05, 3.63) is 39.4 Å². The van der Waals surface area contributed by atoms with Crippen molar-refractivity contribution in [1.29, 1.82) is 0 Å². The monoisotopic (exact) mass is 277 g/mol. The lowest BCUT2D eigenvalue weighted by Gasteiger charge is -2.02. The van der Waals surface area contributed by atoms with Crippen LogP contribution in [0.3, 0.4) is 0 Å². The summed E-state index contributed by atoms with van der Waals surface area (Å²) in [6.45, 7) is 1.79. The van der Waals surface area contributed by atoms with E-state index in [-0.39, 0.29) is 23.4 Å². The Balaban J connectivity index is 3.20. The molecule has 7 heteroatoms. The maximum atomic E-state index is 11.5. The smallest absolute Gasteiger partial charge is 0.384 e. The van der Waals surface area contributed by atoms with Gasteiger partial charge in [-0.3, -0.25) is 10.1 Å². The van der Waals surface area contributed by atoms with E-state index in [2.05, 4.69) is 16.6 Å². The molecule has 0 spiro atoms. The van der Waals surface area contributed by atoms with Crippen molar-refractivity contribution in [3.63, 3.8) is 0 Å². The lowest BCUT2D eigenvalue weighted by Crippen LogP contribution is -2.06. The van der Waals surface area contributed by atoms with E-state index in [9.17, 15) is 19.7 Å². The van der Waals surface area contributed by atoms with Crippen LogP contribution in [0.1, 0.15) is 22.8 Å². The van der Waals surface area contributed by atoms with Gasteiger partial charge in [-0.05, 0) is 25.0 Å². The van der Waals surface area contributed by atoms with Gasteiger partial charge in [0.05, 0.1) is 24.2 Å². The molecule has 0 amide bonds. The van der Waals surface area contributed by atoms with Gasteiger partial charge >= 0.3 is 11.9 Å². The summed E-state index contributed by atoms with van der Waals surface area (Å²) in [7, 11) is 1.15. The molecule has 1 aromatic rings. The molecule has 20 heavy (non-hydrogen) atoms. The predicted molar refractivity (Wildman–Crippen MR) is 67.9 cm³/mol. The Morgan fingerprint density at radius 3 is 2.65 bits per heavy atom. The van der Waals surface area contributed by atoms with Crippen molar-refractivity contribution >= 4 is 17.6 Å². The fourth-order valence-corrected chi connectivity index (χ4v) is 1.30. The number of methoxy groups -OCH3 is 1.